The van der Waals surface area contributed by atoms with E-state index in [9.17, 15) is 18.0 Å². The Kier molecular flexibility index (Phi) is 12.0. The number of sulfonamides is 1. The number of rotatable bonds is 14. The van der Waals surface area contributed by atoms with Crippen LogP contribution < -0.4 is 9.62 Å². The van der Waals surface area contributed by atoms with Crippen LogP contribution in [0.5, 0.6) is 0 Å². The number of benzene rings is 4. The quantitative estimate of drug-likeness (QED) is 0.159. The largest absolute Gasteiger partial charge is 0.352 e. The van der Waals surface area contributed by atoms with Crippen molar-refractivity contribution >= 4 is 39.1 Å². The van der Waals surface area contributed by atoms with Crippen LogP contribution in [0.4, 0.5) is 5.69 Å². The molecule has 2 amide bonds. The van der Waals surface area contributed by atoms with Crippen molar-refractivity contribution in [2.45, 2.75) is 70.5 Å². The van der Waals surface area contributed by atoms with Gasteiger partial charge in [-0.3, -0.25) is 13.9 Å². The molecule has 46 heavy (non-hydrogen) atoms. The van der Waals surface area contributed by atoms with Gasteiger partial charge in [-0.25, -0.2) is 8.42 Å². The van der Waals surface area contributed by atoms with Crippen molar-refractivity contribution in [3.63, 3.8) is 0 Å². The molecule has 0 bridgehead atoms. The van der Waals surface area contributed by atoms with Crippen molar-refractivity contribution < 1.29 is 18.0 Å². The van der Waals surface area contributed by atoms with Crippen molar-refractivity contribution in [2.75, 3.05) is 10.8 Å². The zero-order valence-electron chi connectivity index (χ0n) is 26.8. The zero-order chi connectivity index (χ0) is 33.3. The summed E-state index contributed by atoms with van der Waals surface area (Å²) in [6, 6.07) is 29.3. The van der Waals surface area contributed by atoms with Crippen LogP contribution in [0.1, 0.15) is 49.4 Å². The first-order valence-corrected chi connectivity index (χ1v) is 17.4. The molecule has 0 fully saturated rings. The Morgan fingerprint density at radius 2 is 1.50 bits per heavy atom. The summed E-state index contributed by atoms with van der Waals surface area (Å²) in [5, 5.41) is 3.55. The average molecular weight is 660 g/mol. The Hall–Kier alpha value is -4.14. The minimum Gasteiger partial charge on any atom is -0.352 e. The summed E-state index contributed by atoms with van der Waals surface area (Å²) < 4.78 is 29.8. The molecule has 9 heteroatoms. The summed E-state index contributed by atoms with van der Waals surface area (Å²) in [5.41, 5.74) is 3.71. The number of carbonyl (C=O) groups is 2. The number of anilines is 1. The lowest BCUT2D eigenvalue weighted by molar-refractivity contribution is -0.140. The van der Waals surface area contributed by atoms with Crippen LogP contribution in [0, 0.1) is 6.92 Å². The molecule has 2 atom stereocenters. The first kappa shape index (κ1) is 34.7. The van der Waals surface area contributed by atoms with E-state index in [4.69, 9.17) is 11.6 Å². The Morgan fingerprint density at radius 3 is 2.15 bits per heavy atom. The molecule has 0 heterocycles. The van der Waals surface area contributed by atoms with Crippen LogP contribution in [-0.2, 0) is 39.0 Å². The Labute approximate surface area is 278 Å². The van der Waals surface area contributed by atoms with E-state index in [1.165, 1.54) is 9.21 Å². The van der Waals surface area contributed by atoms with E-state index in [0.717, 1.165) is 22.3 Å². The standard InChI is InChI=1S/C37H42ClN3O4S/c1-5-28(4)39-37(43)35(24-29-13-8-7-9-14-29)40(25-30-15-12-17-32(38)23-30)36(42)26-41(34-18-11-10-16-31(34)6-2)46(44,45)33-21-19-27(3)20-22-33/h7-23,28,35H,5-6,24-26H2,1-4H3,(H,39,43)/t28-,35-/m0/s1. The van der Waals surface area contributed by atoms with Gasteiger partial charge in [0.15, 0.2) is 0 Å². The second-order valence-electron chi connectivity index (χ2n) is 11.5. The summed E-state index contributed by atoms with van der Waals surface area (Å²) in [5.74, 6) is -0.822. The van der Waals surface area contributed by atoms with Gasteiger partial charge < -0.3 is 10.2 Å². The van der Waals surface area contributed by atoms with E-state index in [1.807, 2.05) is 76.2 Å². The highest BCUT2D eigenvalue weighted by molar-refractivity contribution is 7.92. The maximum atomic E-state index is 14.6. The number of carbonyl (C=O) groups excluding carboxylic acids is 2. The lowest BCUT2D eigenvalue weighted by Crippen LogP contribution is -2.54. The third kappa shape index (κ3) is 8.77. The van der Waals surface area contributed by atoms with Crippen LogP contribution in [0.3, 0.4) is 0 Å². The lowest BCUT2D eigenvalue weighted by Gasteiger charge is -2.34. The fourth-order valence-corrected chi connectivity index (χ4v) is 6.90. The second-order valence-corrected chi connectivity index (χ2v) is 13.8. The maximum absolute atomic E-state index is 14.6. The van der Waals surface area contributed by atoms with Gasteiger partial charge in [-0.2, -0.15) is 0 Å². The highest BCUT2D eigenvalue weighted by atomic mass is 35.5. The number of halogens is 1. The number of nitrogens with one attached hydrogen (secondary N) is 1. The van der Waals surface area contributed by atoms with Crippen LogP contribution in [-0.4, -0.2) is 43.8 Å². The van der Waals surface area contributed by atoms with E-state index in [2.05, 4.69) is 5.32 Å². The molecule has 1 N–H and O–H groups in total. The van der Waals surface area contributed by atoms with Gasteiger partial charge in [0.2, 0.25) is 11.8 Å². The molecule has 0 radical (unpaired) electrons. The predicted octanol–water partition coefficient (Wildman–Crippen LogP) is 6.96. The van der Waals surface area contributed by atoms with Gasteiger partial charge in [0, 0.05) is 24.0 Å². The molecule has 0 saturated heterocycles. The van der Waals surface area contributed by atoms with Crippen molar-refractivity contribution in [3.05, 3.63) is 130 Å². The predicted molar refractivity (Wildman–Crippen MR) is 185 cm³/mol. The molecular weight excluding hydrogens is 618 g/mol. The van der Waals surface area contributed by atoms with E-state index in [0.29, 0.717) is 23.6 Å². The first-order valence-electron chi connectivity index (χ1n) is 15.6. The van der Waals surface area contributed by atoms with Crippen molar-refractivity contribution in [3.8, 4) is 0 Å². The average Bonchev–Trinajstić information content (AvgIpc) is 3.05. The van der Waals surface area contributed by atoms with Gasteiger partial charge in [0.25, 0.3) is 10.0 Å². The second kappa shape index (κ2) is 15.9. The van der Waals surface area contributed by atoms with E-state index < -0.39 is 28.5 Å². The molecule has 0 aliphatic rings. The number of amides is 2. The SMILES string of the molecule is CCc1ccccc1N(CC(=O)N(Cc1cccc(Cl)c1)[C@@H](Cc1ccccc1)C(=O)N[C@@H](C)CC)S(=O)(=O)c1ccc(C)cc1. The first-order chi connectivity index (χ1) is 22.0. The van der Waals surface area contributed by atoms with Crippen molar-refractivity contribution in [2.24, 2.45) is 0 Å². The molecule has 7 nitrogen and oxygen atoms in total. The molecule has 242 valence electrons. The molecule has 0 aliphatic carbocycles. The highest BCUT2D eigenvalue weighted by Gasteiger charge is 2.35. The molecule has 0 unspecified atom stereocenters. The molecular formula is C37H42ClN3O4S. The van der Waals surface area contributed by atoms with Gasteiger partial charge >= 0.3 is 0 Å². The maximum Gasteiger partial charge on any atom is 0.264 e. The molecule has 0 spiro atoms. The Bertz CT molecular complexity index is 1730. The number of hydrogen-bond acceptors (Lipinski definition) is 4. The number of nitrogens with zero attached hydrogens (tertiary/aromatic N) is 2. The third-order valence-electron chi connectivity index (χ3n) is 8.04. The molecule has 0 aliphatic heterocycles. The summed E-state index contributed by atoms with van der Waals surface area (Å²) in [6.45, 7) is 7.27. The highest BCUT2D eigenvalue weighted by Crippen LogP contribution is 2.29. The van der Waals surface area contributed by atoms with Crippen LogP contribution in [0.2, 0.25) is 5.02 Å². The molecule has 0 aromatic heterocycles. The monoisotopic (exact) mass is 659 g/mol. The fraction of sp³-hybridized carbons (Fsp3) is 0.297. The van der Waals surface area contributed by atoms with Gasteiger partial charge in [0.05, 0.1) is 10.6 Å². The Morgan fingerprint density at radius 1 is 0.848 bits per heavy atom. The van der Waals surface area contributed by atoms with Crippen LogP contribution in [0.15, 0.2) is 108 Å². The minimum absolute atomic E-state index is 0.0542. The summed E-state index contributed by atoms with van der Waals surface area (Å²) >= 11 is 6.33. The topological polar surface area (TPSA) is 86.8 Å². The zero-order valence-corrected chi connectivity index (χ0v) is 28.4. The van der Waals surface area contributed by atoms with Gasteiger partial charge in [-0.05, 0) is 73.7 Å². The van der Waals surface area contributed by atoms with Gasteiger partial charge in [-0.1, -0.05) is 104 Å². The van der Waals surface area contributed by atoms with Crippen LogP contribution >= 0.6 is 11.6 Å². The van der Waals surface area contributed by atoms with Gasteiger partial charge in [-0.15, -0.1) is 0 Å². The van der Waals surface area contributed by atoms with Crippen molar-refractivity contribution in [1.82, 2.24) is 10.2 Å². The molecule has 4 rings (SSSR count). The van der Waals surface area contributed by atoms with Crippen LogP contribution in [0.25, 0.3) is 0 Å². The molecule has 0 saturated carbocycles. The summed E-state index contributed by atoms with van der Waals surface area (Å²) in [4.78, 5) is 30.2. The smallest absolute Gasteiger partial charge is 0.264 e. The fourth-order valence-electron chi connectivity index (χ4n) is 5.23. The molecule has 4 aromatic carbocycles. The summed E-state index contributed by atoms with van der Waals surface area (Å²) in [6.07, 6.45) is 1.51. The number of aryl methyl sites for hydroxylation is 2. The van der Waals surface area contributed by atoms with E-state index >= 15 is 0 Å². The van der Waals surface area contributed by atoms with Gasteiger partial charge in [0.1, 0.15) is 12.6 Å². The Balaban J connectivity index is 1.84. The van der Waals surface area contributed by atoms with E-state index in [1.54, 1.807) is 54.6 Å². The lowest BCUT2D eigenvalue weighted by atomic mass is 10.0. The molecule has 4 aromatic rings. The minimum atomic E-state index is -4.18. The van der Waals surface area contributed by atoms with E-state index in [-0.39, 0.29) is 29.8 Å². The number of para-hydroxylation sites is 1. The third-order valence-corrected chi connectivity index (χ3v) is 10.1. The number of hydrogen-bond donors (Lipinski definition) is 1. The normalized spacial score (nSPS) is 12.6. The van der Waals surface area contributed by atoms with Crippen molar-refractivity contribution in [1.29, 1.82) is 0 Å². The summed E-state index contributed by atoms with van der Waals surface area (Å²) in [7, 11) is -4.18.